The fraction of sp³-hybridized carbons (Fsp3) is 0.222. The van der Waals surface area contributed by atoms with Gasteiger partial charge in [-0.1, -0.05) is 0 Å². The van der Waals surface area contributed by atoms with Gasteiger partial charge >= 0.3 is 0 Å². The van der Waals surface area contributed by atoms with Gasteiger partial charge in [0.05, 0.1) is 20.1 Å². The average Bonchev–Trinajstić information content (AvgIpc) is 2.41. The second-order valence-electron chi connectivity index (χ2n) is 3.13. The highest BCUT2D eigenvalue weighted by atomic mass is 32.2. The predicted octanol–water partition coefficient (Wildman–Crippen LogP) is 2.01. The number of aryl methyl sites for hydroxylation is 1. The Labute approximate surface area is 86.3 Å². The van der Waals surface area contributed by atoms with Crippen LogP contribution in [0.1, 0.15) is 5.01 Å². The largest absolute Gasteiger partial charge is 0.241 e. The van der Waals surface area contributed by atoms with Crippen molar-refractivity contribution < 1.29 is 8.42 Å². The van der Waals surface area contributed by atoms with Gasteiger partial charge in [-0.3, -0.25) is 0 Å². The van der Waals surface area contributed by atoms with Crippen molar-refractivity contribution in [3.63, 3.8) is 0 Å². The minimum atomic E-state index is -3.12. The van der Waals surface area contributed by atoms with Gasteiger partial charge < -0.3 is 0 Å². The molecule has 0 radical (unpaired) electrons. The van der Waals surface area contributed by atoms with E-state index in [0.717, 1.165) is 15.2 Å². The highest BCUT2D eigenvalue weighted by molar-refractivity contribution is 7.90. The number of hydrogen-bond acceptors (Lipinski definition) is 4. The molecule has 0 N–H and O–H groups in total. The van der Waals surface area contributed by atoms with E-state index in [0.29, 0.717) is 4.90 Å². The number of aromatic nitrogens is 1. The van der Waals surface area contributed by atoms with E-state index >= 15 is 0 Å². The van der Waals surface area contributed by atoms with Crippen LogP contribution in [0, 0.1) is 6.92 Å². The lowest BCUT2D eigenvalue weighted by molar-refractivity contribution is 0.602. The molecule has 0 aliphatic carbocycles. The molecule has 0 atom stereocenters. The molecular weight excluding hydrogens is 218 g/mol. The van der Waals surface area contributed by atoms with Crippen LogP contribution in [-0.2, 0) is 9.84 Å². The van der Waals surface area contributed by atoms with Crippen molar-refractivity contribution in [3.05, 3.63) is 23.2 Å². The third-order valence-corrected chi connectivity index (χ3v) is 3.96. The van der Waals surface area contributed by atoms with Gasteiger partial charge in [0.1, 0.15) is 0 Å². The molecule has 5 heteroatoms. The van der Waals surface area contributed by atoms with Crippen molar-refractivity contribution >= 4 is 31.4 Å². The minimum Gasteiger partial charge on any atom is -0.241 e. The molecule has 0 aliphatic heterocycles. The summed E-state index contributed by atoms with van der Waals surface area (Å²) in [5, 5.41) is 0.950. The zero-order valence-electron chi connectivity index (χ0n) is 7.81. The van der Waals surface area contributed by atoms with Crippen molar-refractivity contribution in [2.24, 2.45) is 0 Å². The predicted molar refractivity (Wildman–Crippen MR) is 57.5 cm³/mol. The second kappa shape index (κ2) is 3.03. The first-order valence-electron chi connectivity index (χ1n) is 4.04. The first-order chi connectivity index (χ1) is 6.47. The molecular formula is C9H9NO2S2. The second-order valence-corrected chi connectivity index (χ2v) is 6.39. The molecule has 0 saturated carbocycles. The van der Waals surface area contributed by atoms with E-state index in [1.807, 2.05) is 6.92 Å². The SMILES string of the molecule is Cc1nc2cc(S(C)(=O)=O)ccc2s1. The molecule has 1 aromatic heterocycles. The van der Waals surface area contributed by atoms with Gasteiger partial charge in [-0.25, -0.2) is 13.4 Å². The van der Waals surface area contributed by atoms with Crippen LogP contribution in [0.3, 0.4) is 0 Å². The molecule has 0 aliphatic rings. The Kier molecular flexibility index (Phi) is 2.08. The number of hydrogen-bond donors (Lipinski definition) is 0. The van der Waals surface area contributed by atoms with Crippen molar-refractivity contribution in [1.82, 2.24) is 4.98 Å². The highest BCUT2D eigenvalue weighted by Crippen LogP contribution is 2.23. The summed E-state index contributed by atoms with van der Waals surface area (Å²) in [4.78, 5) is 4.57. The third kappa shape index (κ3) is 1.65. The first-order valence-corrected chi connectivity index (χ1v) is 6.75. The summed E-state index contributed by atoms with van der Waals surface area (Å²) in [7, 11) is -3.12. The van der Waals surface area contributed by atoms with Crippen LogP contribution >= 0.6 is 11.3 Å². The standard InChI is InChI=1S/C9H9NO2S2/c1-6-10-8-5-7(14(2,11)12)3-4-9(8)13-6/h3-5H,1-2H3. The normalized spacial score (nSPS) is 12.1. The maximum absolute atomic E-state index is 11.3. The van der Waals surface area contributed by atoms with Gasteiger partial charge in [-0.15, -0.1) is 11.3 Å². The quantitative estimate of drug-likeness (QED) is 0.748. The van der Waals surface area contributed by atoms with Crippen molar-refractivity contribution in [2.75, 3.05) is 6.26 Å². The summed E-state index contributed by atoms with van der Waals surface area (Å²) in [5.74, 6) is 0. The van der Waals surface area contributed by atoms with E-state index in [-0.39, 0.29) is 0 Å². The van der Waals surface area contributed by atoms with Crippen molar-refractivity contribution in [1.29, 1.82) is 0 Å². The highest BCUT2D eigenvalue weighted by Gasteiger charge is 2.09. The van der Waals surface area contributed by atoms with E-state index < -0.39 is 9.84 Å². The zero-order valence-corrected chi connectivity index (χ0v) is 9.45. The molecule has 1 aromatic carbocycles. The molecule has 2 aromatic rings. The maximum atomic E-state index is 11.3. The molecule has 14 heavy (non-hydrogen) atoms. The molecule has 2 rings (SSSR count). The maximum Gasteiger partial charge on any atom is 0.175 e. The molecule has 74 valence electrons. The number of benzene rings is 1. The van der Waals surface area contributed by atoms with Gasteiger partial charge in [0.15, 0.2) is 9.84 Å². The molecule has 0 fully saturated rings. The van der Waals surface area contributed by atoms with Crippen LogP contribution in [-0.4, -0.2) is 19.7 Å². The minimum absolute atomic E-state index is 0.329. The molecule has 0 unspecified atom stereocenters. The van der Waals surface area contributed by atoms with Gasteiger partial charge in [0.2, 0.25) is 0 Å². The fourth-order valence-corrected chi connectivity index (χ4v) is 2.70. The Balaban J connectivity index is 2.74. The summed E-state index contributed by atoms with van der Waals surface area (Å²) < 4.78 is 23.5. The Hall–Kier alpha value is -0.940. The third-order valence-electron chi connectivity index (χ3n) is 1.89. The summed E-state index contributed by atoms with van der Waals surface area (Å²) in [6.45, 7) is 1.91. The van der Waals surface area contributed by atoms with Gasteiger partial charge in [-0.05, 0) is 25.1 Å². The van der Waals surface area contributed by atoms with E-state index in [9.17, 15) is 8.42 Å². The lowest BCUT2D eigenvalue weighted by atomic mass is 10.3. The first kappa shape index (κ1) is 9.61. The van der Waals surface area contributed by atoms with E-state index in [4.69, 9.17) is 0 Å². The molecule has 0 spiro atoms. The fourth-order valence-electron chi connectivity index (χ4n) is 1.25. The Morgan fingerprint density at radius 3 is 2.71 bits per heavy atom. The number of rotatable bonds is 1. The van der Waals surface area contributed by atoms with Crippen molar-refractivity contribution in [2.45, 2.75) is 11.8 Å². The molecule has 0 saturated heterocycles. The monoisotopic (exact) mass is 227 g/mol. The molecule has 3 nitrogen and oxygen atoms in total. The Morgan fingerprint density at radius 2 is 2.07 bits per heavy atom. The topological polar surface area (TPSA) is 47.0 Å². The zero-order chi connectivity index (χ0) is 10.3. The van der Waals surface area contributed by atoms with Gasteiger partial charge in [0.25, 0.3) is 0 Å². The van der Waals surface area contributed by atoms with Crippen LogP contribution in [0.15, 0.2) is 23.1 Å². The summed E-state index contributed by atoms with van der Waals surface area (Å²) >= 11 is 1.57. The summed E-state index contributed by atoms with van der Waals surface area (Å²) in [6, 6.07) is 5.04. The number of thiazole rings is 1. The Bertz CT molecular complexity index is 584. The van der Waals surface area contributed by atoms with E-state index in [2.05, 4.69) is 4.98 Å². The number of sulfone groups is 1. The molecule has 0 bridgehead atoms. The molecule has 1 heterocycles. The van der Waals surface area contributed by atoms with Crippen LogP contribution in [0.5, 0.6) is 0 Å². The van der Waals surface area contributed by atoms with Crippen molar-refractivity contribution in [3.8, 4) is 0 Å². The lowest BCUT2D eigenvalue weighted by Gasteiger charge is -1.96. The van der Waals surface area contributed by atoms with Crippen LogP contribution < -0.4 is 0 Å². The van der Waals surface area contributed by atoms with Crippen LogP contribution in [0.25, 0.3) is 10.2 Å². The number of fused-ring (bicyclic) bond motifs is 1. The molecule has 0 amide bonds. The van der Waals surface area contributed by atoms with E-state index in [1.165, 1.54) is 6.26 Å². The lowest BCUT2D eigenvalue weighted by Crippen LogP contribution is -1.95. The van der Waals surface area contributed by atoms with E-state index in [1.54, 1.807) is 29.5 Å². The van der Waals surface area contributed by atoms with Gasteiger partial charge in [-0.2, -0.15) is 0 Å². The Morgan fingerprint density at radius 1 is 1.36 bits per heavy atom. The smallest absolute Gasteiger partial charge is 0.175 e. The summed E-state index contributed by atoms with van der Waals surface area (Å²) in [6.07, 6.45) is 1.20. The van der Waals surface area contributed by atoms with Gasteiger partial charge in [0, 0.05) is 6.26 Å². The van der Waals surface area contributed by atoms with Crippen LogP contribution in [0.4, 0.5) is 0 Å². The number of nitrogens with zero attached hydrogens (tertiary/aromatic N) is 1. The average molecular weight is 227 g/mol. The summed E-state index contributed by atoms with van der Waals surface area (Å²) in [5.41, 5.74) is 0.760. The van der Waals surface area contributed by atoms with Crippen LogP contribution in [0.2, 0.25) is 0 Å².